The quantitative estimate of drug-likeness (QED) is 0.438. The Morgan fingerprint density at radius 2 is 2.27 bits per heavy atom. The molecule has 0 amide bonds. The minimum Gasteiger partial charge on any atom is -0.393 e. The smallest absolute Gasteiger partial charge is 0.0524 e. The Kier molecular flexibility index (Phi) is 7.23. The molecule has 0 saturated heterocycles. The lowest BCUT2D eigenvalue weighted by atomic mass is 10.3. The Bertz CT molecular complexity index is 115. The number of rotatable bonds is 6. The van der Waals surface area contributed by atoms with Crippen molar-refractivity contribution < 1.29 is 5.11 Å². The summed E-state index contributed by atoms with van der Waals surface area (Å²) >= 11 is 0. The molecule has 2 N–H and O–H groups in total. The number of aliphatic hydroxyl groups is 1. The summed E-state index contributed by atoms with van der Waals surface area (Å²) in [6.45, 7) is 3.63. The Labute approximate surface area is 69.0 Å². The second-order valence-corrected chi connectivity index (χ2v) is 2.70. The molecule has 0 fully saturated rings. The molecule has 64 valence electrons. The number of aliphatic hydroxyl groups excluding tert-OH is 1. The zero-order chi connectivity index (χ0) is 8.53. The topological polar surface area (TPSA) is 32.3 Å². The monoisotopic (exact) mass is 155 g/mol. The van der Waals surface area contributed by atoms with Crippen LogP contribution in [0.15, 0.2) is 0 Å². The first-order valence-electron chi connectivity index (χ1n) is 4.09. The molecular weight excluding hydrogens is 138 g/mol. The lowest BCUT2D eigenvalue weighted by Crippen LogP contribution is -2.19. The molecule has 0 radical (unpaired) electrons. The van der Waals surface area contributed by atoms with E-state index in [0.717, 1.165) is 32.4 Å². The number of nitrogens with one attached hydrogen (secondary N) is 1. The Morgan fingerprint density at radius 1 is 1.55 bits per heavy atom. The first-order chi connectivity index (χ1) is 5.27. The minimum absolute atomic E-state index is 0.199. The van der Waals surface area contributed by atoms with E-state index in [1.54, 1.807) is 6.92 Å². The van der Waals surface area contributed by atoms with Crippen LogP contribution in [-0.4, -0.2) is 24.3 Å². The van der Waals surface area contributed by atoms with Crippen molar-refractivity contribution in [2.24, 2.45) is 0 Å². The molecular formula is C9H17NO. The van der Waals surface area contributed by atoms with Crippen molar-refractivity contribution >= 4 is 0 Å². The molecule has 0 rings (SSSR count). The molecule has 11 heavy (non-hydrogen) atoms. The summed E-state index contributed by atoms with van der Waals surface area (Å²) in [4.78, 5) is 0. The van der Waals surface area contributed by atoms with Gasteiger partial charge >= 0.3 is 0 Å². The third kappa shape index (κ3) is 9.48. The molecule has 0 bridgehead atoms. The zero-order valence-electron chi connectivity index (χ0n) is 7.14. The first-order valence-corrected chi connectivity index (χ1v) is 4.09. The standard InChI is InChI=1S/C9H17NO/c1-3-4-5-7-10-8-6-9(2)11/h1,9-11H,4-8H2,2H3. The van der Waals surface area contributed by atoms with Crippen LogP contribution in [0.5, 0.6) is 0 Å². The third-order valence-electron chi connectivity index (χ3n) is 1.41. The van der Waals surface area contributed by atoms with Crippen LogP contribution in [0.1, 0.15) is 26.2 Å². The van der Waals surface area contributed by atoms with Crippen LogP contribution in [0.25, 0.3) is 0 Å². The van der Waals surface area contributed by atoms with E-state index in [1.807, 2.05) is 0 Å². The van der Waals surface area contributed by atoms with Crippen LogP contribution in [0.2, 0.25) is 0 Å². The van der Waals surface area contributed by atoms with Crippen molar-refractivity contribution in [2.75, 3.05) is 13.1 Å². The summed E-state index contributed by atoms with van der Waals surface area (Å²) in [5, 5.41) is 12.1. The zero-order valence-corrected chi connectivity index (χ0v) is 7.14. The molecule has 0 spiro atoms. The van der Waals surface area contributed by atoms with E-state index >= 15 is 0 Å². The van der Waals surface area contributed by atoms with Crippen molar-refractivity contribution in [3.8, 4) is 12.3 Å². The molecule has 0 aromatic carbocycles. The highest BCUT2D eigenvalue weighted by Crippen LogP contribution is 1.87. The van der Waals surface area contributed by atoms with Gasteiger partial charge in [0.15, 0.2) is 0 Å². The Balaban J connectivity index is 2.86. The van der Waals surface area contributed by atoms with Gasteiger partial charge in [-0.2, -0.15) is 0 Å². The summed E-state index contributed by atoms with van der Waals surface area (Å²) in [6, 6.07) is 0. The van der Waals surface area contributed by atoms with Gasteiger partial charge in [-0.15, -0.1) is 12.3 Å². The van der Waals surface area contributed by atoms with Crippen LogP contribution in [0.3, 0.4) is 0 Å². The number of terminal acetylenes is 1. The van der Waals surface area contributed by atoms with Crippen molar-refractivity contribution in [2.45, 2.75) is 32.3 Å². The fraction of sp³-hybridized carbons (Fsp3) is 0.778. The number of hydrogen-bond acceptors (Lipinski definition) is 2. The Hall–Kier alpha value is -0.520. The van der Waals surface area contributed by atoms with E-state index in [-0.39, 0.29) is 6.10 Å². The fourth-order valence-electron chi connectivity index (χ4n) is 0.751. The summed E-state index contributed by atoms with van der Waals surface area (Å²) in [5.74, 6) is 2.58. The van der Waals surface area contributed by atoms with Gasteiger partial charge in [0.05, 0.1) is 6.10 Å². The number of unbranched alkanes of at least 4 members (excludes halogenated alkanes) is 1. The summed E-state index contributed by atoms with van der Waals surface area (Å²) < 4.78 is 0. The highest BCUT2D eigenvalue weighted by molar-refractivity contribution is 4.83. The number of hydrogen-bond donors (Lipinski definition) is 2. The summed E-state index contributed by atoms with van der Waals surface area (Å²) in [7, 11) is 0. The molecule has 1 atom stereocenters. The maximum Gasteiger partial charge on any atom is 0.0524 e. The summed E-state index contributed by atoms with van der Waals surface area (Å²) in [5.41, 5.74) is 0. The van der Waals surface area contributed by atoms with Gasteiger partial charge < -0.3 is 10.4 Å². The van der Waals surface area contributed by atoms with Crippen molar-refractivity contribution in [1.82, 2.24) is 5.32 Å². The first kappa shape index (κ1) is 10.5. The normalized spacial score (nSPS) is 12.5. The van der Waals surface area contributed by atoms with E-state index in [2.05, 4.69) is 11.2 Å². The van der Waals surface area contributed by atoms with Crippen LogP contribution in [0, 0.1) is 12.3 Å². The van der Waals surface area contributed by atoms with Gasteiger partial charge in [0.1, 0.15) is 0 Å². The van der Waals surface area contributed by atoms with Crippen LogP contribution >= 0.6 is 0 Å². The molecule has 0 heterocycles. The highest BCUT2D eigenvalue weighted by atomic mass is 16.3. The molecule has 0 aliphatic rings. The summed E-state index contributed by atoms with van der Waals surface area (Å²) in [6.07, 6.45) is 7.55. The van der Waals surface area contributed by atoms with Crippen molar-refractivity contribution in [3.63, 3.8) is 0 Å². The Morgan fingerprint density at radius 3 is 2.82 bits per heavy atom. The lowest BCUT2D eigenvalue weighted by Gasteiger charge is -2.04. The molecule has 2 nitrogen and oxygen atoms in total. The average molecular weight is 155 g/mol. The molecule has 1 unspecified atom stereocenters. The van der Waals surface area contributed by atoms with Crippen molar-refractivity contribution in [3.05, 3.63) is 0 Å². The van der Waals surface area contributed by atoms with E-state index in [4.69, 9.17) is 11.5 Å². The maximum atomic E-state index is 8.88. The largest absolute Gasteiger partial charge is 0.393 e. The molecule has 0 aliphatic heterocycles. The van der Waals surface area contributed by atoms with Crippen LogP contribution in [0.4, 0.5) is 0 Å². The van der Waals surface area contributed by atoms with Gasteiger partial charge in [0.2, 0.25) is 0 Å². The van der Waals surface area contributed by atoms with Gasteiger partial charge in [-0.1, -0.05) is 0 Å². The molecule has 0 aliphatic carbocycles. The predicted octanol–water partition coefficient (Wildman–Crippen LogP) is 0.760. The molecule has 0 aromatic heterocycles. The second-order valence-electron chi connectivity index (χ2n) is 2.70. The maximum absolute atomic E-state index is 8.88. The lowest BCUT2D eigenvalue weighted by molar-refractivity contribution is 0.184. The minimum atomic E-state index is -0.199. The second kappa shape index (κ2) is 7.59. The van der Waals surface area contributed by atoms with Gasteiger partial charge in [-0.05, 0) is 32.9 Å². The van der Waals surface area contributed by atoms with Crippen molar-refractivity contribution in [1.29, 1.82) is 0 Å². The molecule has 2 heteroatoms. The van der Waals surface area contributed by atoms with E-state index < -0.39 is 0 Å². The van der Waals surface area contributed by atoms with Gasteiger partial charge in [-0.25, -0.2) is 0 Å². The fourth-order valence-corrected chi connectivity index (χ4v) is 0.751. The van der Waals surface area contributed by atoms with Crippen LogP contribution in [-0.2, 0) is 0 Å². The molecule has 0 saturated carbocycles. The van der Waals surface area contributed by atoms with Gasteiger partial charge in [0.25, 0.3) is 0 Å². The third-order valence-corrected chi connectivity index (χ3v) is 1.41. The average Bonchev–Trinajstić information content (AvgIpc) is 1.96. The van der Waals surface area contributed by atoms with Gasteiger partial charge in [0, 0.05) is 6.42 Å². The predicted molar refractivity (Wildman–Crippen MR) is 47.2 cm³/mol. The van der Waals surface area contributed by atoms with E-state index in [9.17, 15) is 0 Å². The van der Waals surface area contributed by atoms with Crippen LogP contribution < -0.4 is 5.32 Å². The van der Waals surface area contributed by atoms with E-state index in [0.29, 0.717) is 0 Å². The SMILES string of the molecule is C#CCCCNCCC(C)O. The van der Waals surface area contributed by atoms with E-state index in [1.165, 1.54) is 0 Å². The molecule has 0 aromatic rings. The van der Waals surface area contributed by atoms with Gasteiger partial charge in [-0.3, -0.25) is 0 Å². The highest BCUT2D eigenvalue weighted by Gasteiger charge is 1.93.